The summed E-state index contributed by atoms with van der Waals surface area (Å²) in [6.07, 6.45) is 0. The summed E-state index contributed by atoms with van der Waals surface area (Å²) in [5, 5.41) is 0. The minimum atomic E-state index is 0.141. The average molecular weight is 260 g/mol. The third-order valence-electron chi connectivity index (χ3n) is 3.46. The van der Waals surface area contributed by atoms with Crippen LogP contribution in [0.3, 0.4) is 0 Å². The molecule has 2 aromatic rings. The van der Waals surface area contributed by atoms with Gasteiger partial charge in [-0.2, -0.15) is 0 Å². The van der Waals surface area contributed by atoms with Crippen LogP contribution >= 0.6 is 0 Å². The monoisotopic (exact) mass is 260 g/mol. The Labute approximate surface area is 115 Å². The Kier molecular flexibility index (Phi) is 4.22. The number of nitrogens with zero attached hydrogens (tertiary/aromatic N) is 2. The van der Waals surface area contributed by atoms with Crippen LogP contribution < -0.4 is 5.73 Å². The maximum Gasteiger partial charge on any atom is 0.121 e. The zero-order valence-corrected chi connectivity index (χ0v) is 12.1. The van der Waals surface area contributed by atoms with E-state index >= 15 is 0 Å². The molecule has 1 aromatic carbocycles. The fraction of sp³-hybridized carbons (Fsp3) is 0.533. The van der Waals surface area contributed by atoms with Crippen LogP contribution in [0.15, 0.2) is 24.3 Å². The molecule has 0 fully saturated rings. The maximum atomic E-state index is 5.81. The van der Waals surface area contributed by atoms with Gasteiger partial charge in [0.1, 0.15) is 5.82 Å². The molecule has 0 aliphatic carbocycles. The molecule has 1 aromatic heterocycles. The van der Waals surface area contributed by atoms with Crippen molar-refractivity contribution in [3.05, 3.63) is 30.1 Å². The lowest BCUT2D eigenvalue weighted by molar-refractivity contribution is 0.180. The predicted molar refractivity (Wildman–Crippen MR) is 79.9 cm³/mol. The number of nitrogens with one attached hydrogen (secondary N) is 1. The summed E-state index contributed by atoms with van der Waals surface area (Å²) in [7, 11) is 0. The Bertz CT molecular complexity index is 497. The van der Waals surface area contributed by atoms with E-state index < -0.39 is 0 Å². The number of para-hydroxylation sites is 2. The number of imidazole rings is 1. The fourth-order valence-electron chi connectivity index (χ4n) is 2.24. The topological polar surface area (TPSA) is 57.9 Å². The van der Waals surface area contributed by atoms with E-state index in [0.29, 0.717) is 6.54 Å². The highest BCUT2D eigenvalue weighted by molar-refractivity contribution is 5.74. The largest absolute Gasteiger partial charge is 0.341 e. The number of benzene rings is 1. The molecule has 0 bridgehead atoms. The smallest absolute Gasteiger partial charge is 0.121 e. The molecule has 1 heterocycles. The van der Waals surface area contributed by atoms with Crippen LogP contribution in [-0.2, 0) is 6.54 Å². The summed E-state index contributed by atoms with van der Waals surface area (Å²) in [4.78, 5) is 10.4. The molecule has 4 nitrogen and oxygen atoms in total. The first-order chi connectivity index (χ1) is 9.04. The van der Waals surface area contributed by atoms with Gasteiger partial charge >= 0.3 is 0 Å². The molecule has 19 heavy (non-hydrogen) atoms. The number of H-pyrrole nitrogens is 1. The van der Waals surface area contributed by atoms with E-state index in [4.69, 9.17) is 5.73 Å². The van der Waals surface area contributed by atoms with Gasteiger partial charge < -0.3 is 10.7 Å². The molecule has 0 aliphatic heterocycles. The summed E-state index contributed by atoms with van der Waals surface area (Å²) in [5.74, 6) is 1.02. The Balaban J connectivity index is 2.09. The molecular formula is C15H24N4. The van der Waals surface area contributed by atoms with Crippen molar-refractivity contribution in [3.63, 3.8) is 0 Å². The first-order valence-electron chi connectivity index (χ1n) is 6.90. The van der Waals surface area contributed by atoms with Crippen LogP contribution in [0, 0.1) is 5.41 Å². The molecule has 104 valence electrons. The zero-order chi connectivity index (χ0) is 13.9. The number of rotatable bonds is 6. The second kappa shape index (κ2) is 5.72. The zero-order valence-electron chi connectivity index (χ0n) is 12.1. The van der Waals surface area contributed by atoms with Gasteiger partial charge in [-0.25, -0.2) is 4.98 Å². The molecule has 0 radical (unpaired) electrons. The van der Waals surface area contributed by atoms with E-state index in [-0.39, 0.29) is 5.41 Å². The molecule has 0 saturated carbocycles. The van der Waals surface area contributed by atoms with Crippen molar-refractivity contribution in [2.24, 2.45) is 11.1 Å². The van der Waals surface area contributed by atoms with E-state index in [1.54, 1.807) is 0 Å². The van der Waals surface area contributed by atoms with Gasteiger partial charge in [-0.3, -0.25) is 4.90 Å². The van der Waals surface area contributed by atoms with Crippen LogP contribution in [0.5, 0.6) is 0 Å². The fourth-order valence-corrected chi connectivity index (χ4v) is 2.24. The third kappa shape index (κ3) is 3.55. The van der Waals surface area contributed by atoms with Crippen molar-refractivity contribution in [2.75, 3.05) is 19.6 Å². The van der Waals surface area contributed by atoms with E-state index in [1.165, 1.54) is 0 Å². The Hall–Kier alpha value is -1.39. The summed E-state index contributed by atoms with van der Waals surface area (Å²) in [5.41, 5.74) is 8.09. The number of aromatic amines is 1. The standard InChI is InChI=1S/C15H24N4/c1-4-19(11-15(2,3)10-16)9-14-17-12-7-5-6-8-13(12)18-14/h5-8H,4,9-11,16H2,1-3H3,(H,17,18). The van der Waals surface area contributed by atoms with Gasteiger partial charge in [0.25, 0.3) is 0 Å². The number of hydrogen-bond donors (Lipinski definition) is 2. The molecule has 0 saturated heterocycles. The SMILES string of the molecule is CCN(Cc1nc2ccccc2[nH]1)CC(C)(C)CN. The molecule has 4 heteroatoms. The molecule has 0 unspecified atom stereocenters. The molecule has 2 rings (SSSR count). The number of hydrogen-bond acceptors (Lipinski definition) is 3. The van der Waals surface area contributed by atoms with Crippen molar-refractivity contribution >= 4 is 11.0 Å². The summed E-state index contributed by atoms with van der Waals surface area (Å²) < 4.78 is 0. The van der Waals surface area contributed by atoms with Crippen LogP contribution in [-0.4, -0.2) is 34.5 Å². The summed E-state index contributed by atoms with van der Waals surface area (Å²) in [6, 6.07) is 8.14. The van der Waals surface area contributed by atoms with Gasteiger partial charge in [0.05, 0.1) is 17.6 Å². The Morgan fingerprint density at radius 3 is 2.68 bits per heavy atom. The van der Waals surface area contributed by atoms with Gasteiger partial charge in [0.15, 0.2) is 0 Å². The van der Waals surface area contributed by atoms with Crippen molar-refractivity contribution in [1.29, 1.82) is 0 Å². The third-order valence-corrected chi connectivity index (χ3v) is 3.46. The second-order valence-electron chi connectivity index (χ2n) is 5.87. The average Bonchev–Trinajstić information content (AvgIpc) is 2.79. The number of aromatic nitrogens is 2. The van der Waals surface area contributed by atoms with Gasteiger partial charge in [0.2, 0.25) is 0 Å². The Morgan fingerprint density at radius 2 is 2.05 bits per heavy atom. The van der Waals surface area contributed by atoms with Gasteiger partial charge in [0, 0.05) is 6.54 Å². The van der Waals surface area contributed by atoms with E-state index in [9.17, 15) is 0 Å². The second-order valence-corrected chi connectivity index (χ2v) is 5.87. The summed E-state index contributed by atoms with van der Waals surface area (Å²) in [6.45, 7) is 10.1. The number of nitrogens with two attached hydrogens (primary N) is 1. The van der Waals surface area contributed by atoms with E-state index in [1.807, 2.05) is 18.2 Å². The highest BCUT2D eigenvalue weighted by Crippen LogP contribution is 2.17. The first-order valence-corrected chi connectivity index (χ1v) is 6.90. The van der Waals surface area contributed by atoms with Crippen molar-refractivity contribution < 1.29 is 0 Å². The van der Waals surface area contributed by atoms with Gasteiger partial charge in [-0.15, -0.1) is 0 Å². The Morgan fingerprint density at radius 1 is 1.32 bits per heavy atom. The van der Waals surface area contributed by atoms with Crippen LogP contribution in [0.25, 0.3) is 11.0 Å². The van der Waals surface area contributed by atoms with Crippen molar-refractivity contribution in [2.45, 2.75) is 27.3 Å². The van der Waals surface area contributed by atoms with E-state index in [2.05, 4.69) is 41.7 Å². The highest BCUT2D eigenvalue weighted by Gasteiger charge is 2.20. The predicted octanol–water partition coefficient (Wildman–Crippen LogP) is 2.37. The van der Waals surface area contributed by atoms with Gasteiger partial charge in [-0.05, 0) is 30.6 Å². The molecule has 0 atom stereocenters. The highest BCUT2D eigenvalue weighted by atomic mass is 15.2. The van der Waals surface area contributed by atoms with Crippen LogP contribution in [0.1, 0.15) is 26.6 Å². The minimum Gasteiger partial charge on any atom is -0.341 e. The minimum absolute atomic E-state index is 0.141. The molecular weight excluding hydrogens is 236 g/mol. The molecule has 3 N–H and O–H groups in total. The first kappa shape index (κ1) is 14.0. The van der Waals surface area contributed by atoms with Crippen molar-refractivity contribution in [1.82, 2.24) is 14.9 Å². The van der Waals surface area contributed by atoms with Crippen LogP contribution in [0.2, 0.25) is 0 Å². The lowest BCUT2D eigenvalue weighted by Crippen LogP contribution is -2.38. The van der Waals surface area contributed by atoms with Crippen LogP contribution in [0.4, 0.5) is 0 Å². The molecule has 0 aliphatic rings. The maximum absolute atomic E-state index is 5.81. The quantitative estimate of drug-likeness (QED) is 0.838. The molecule has 0 spiro atoms. The summed E-state index contributed by atoms with van der Waals surface area (Å²) >= 11 is 0. The lowest BCUT2D eigenvalue weighted by Gasteiger charge is -2.30. The number of fused-ring (bicyclic) bond motifs is 1. The normalized spacial score (nSPS) is 12.5. The van der Waals surface area contributed by atoms with Crippen molar-refractivity contribution in [3.8, 4) is 0 Å². The molecule has 0 amide bonds. The van der Waals surface area contributed by atoms with E-state index in [0.717, 1.165) is 36.5 Å². The van der Waals surface area contributed by atoms with Gasteiger partial charge in [-0.1, -0.05) is 32.9 Å². The lowest BCUT2D eigenvalue weighted by atomic mass is 9.93.